The number of nitrogens with zero attached hydrogens (tertiary/aromatic N) is 2. The summed E-state index contributed by atoms with van der Waals surface area (Å²) in [6.45, 7) is 12.5. The number of rotatable bonds is 5. The second kappa shape index (κ2) is 6.81. The van der Waals surface area contributed by atoms with Crippen LogP contribution < -0.4 is 5.32 Å². The molecule has 2 rings (SSSR count). The van der Waals surface area contributed by atoms with Crippen LogP contribution in [0.3, 0.4) is 0 Å². The molecule has 0 saturated carbocycles. The maximum absolute atomic E-state index is 4.69. The van der Waals surface area contributed by atoms with Crippen molar-refractivity contribution in [3.63, 3.8) is 0 Å². The quantitative estimate of drug-likeness (QED) is 0.906. The van der Waals surface area contributed by atoms with Gasteiger partial charge in [0.1, 0.15) is 0 Å². The van der Waals surface area contributed by atoms with E-state index in [9.17, 15) is 0 Å². The summed E-state index contributed by atoms with van der Waals surface area (Å²) < 4.78 is 0. The lowest BCUT2D eigenvalue weighted by Crippen LogP contribution is -2.21. The first-order valence-corrected chi connectivity index (χ1v) is 7.59. The highest BCUT2D eigenvalue weighted by Crippen LogP contribution is 2.19. The molecule has 3 heteroatoms. The third-order valence-corrected chi connectivity index (χ3v) is 3.55. The second-order valence-electron chi connectivity index (χ2n) is 6.09. The Bertz CT molecular complexity index is 595. The van der Waals surface area contributed by atoms with Gasteiger partial charge in [-0.05, 0) is 39.3 Å². The van der Waals surface area contributed by atoms with Crippen LogP contribution in [0.5, 0.6) is 0 Å². The number of benzene rings is 1. The zero-order valence-corrected chi connectivity index (χ0v) is 13.7. The predicted molar refractivity (Wildman–Crippen MR) is 88.2 cm³/mol. The molecule has 0 aliphatic heterocycles. The Kier molecular flexibility index (Phi) is 5.07. The van der Waals surface area contributed by atoms with Crippen LogP contribution in [0.1, 0.15) is 36.4 Å². The van der Waals surface area contributed by atoms with Gasteiger partial charge in [0.2, 0.25) is 0 Å². The molecule has 0 aliphatic rings. The molecule has 3 nitrogen and oxygen atoms in total. The Morgan fingerprint density at radius 2 is 1.71 bits per heavy atom. The third kappa shape index (κ3) is 4.11. The van der Waals surface area contributed by atoms with E-state index in [1.165, 1.54) is 11.1 Å². The Morgan fingerprint density at radius 3 is 2.29 bits per heavy atom. The molecular weight excluding hydrogens is 258 g/mol. The largest absolute Gasteiger partial charge is 0.312 e. The lowest BCUT2D eigenvalue weighted by molar-refractivity contribution is 0.549. The zero-order valence-electron chi connectivity index (χ0n) is 13.7. The van der Waals surface area contributed by atoms with Crippen molar-refractivity contribution in [2.24, 2.45) is 5.92 Å². The fraction of sp³-hybridized carbons (Fsp3) is 0.444. The second-order valence-corrected chi connectivity index (χ2v) is 6.09. The van der Waals surface area contributed by atoms with Gasteiger partial charge in [-0.15, -0.1) is 0 Å². The maximum atomic E-state index is 4.69. The van der Waals surface area contributed by atoms with E-state index in [0.717, 1.165) is 35.9 Å². The Labute approximate surface area is 127 Å². The summed E-state index contributed by atoms with van der Waals surface area (Å²) in [7, 11) is 0. The van der Waals surface area contributed by atoms with Crippen LogP contribution in [0.2, 0.25) is 0 Å². The van der Waals surface area contributed by atoms with Gasteiger partial charge in [-0.2, -0.15) is 0 Å². The monoisotopic (exact) mass is 283 g/mol. The molecule has 0 amide bonds. The van der Waals surface area contributed by atoms with Gasteiger partial charge >= 0.3 is 0 Å². The smallest absolute Gasteiger partial charge is 0.159 e. The molecule has 0 fully saturated rings. The molecule has 1 aromatic carbocycles. The van der Waals surface area contributed by atoms with Crippen molar-refractivity contribution in [2.45, 2.75) is 41.2 Å². The summed E-state index contributed by atoms with van der Waals surface area (Å²) >= 11 is 0. The maximum Gasteiger partial charge on any atom is 0.159 e. The lowest BCUT2D eigenvalue weighted by Gasteiger charge is -2.13. The number of aryl methyl sites for hydroxylation is 3. The summed E-state index contributed by atoms with van der Waals surface area (Å²) in [6, 6.07) is 8.34. The summed E-state index contributed by atoms with van der Waals surface area (Å²) in [4.78, 5) is 9.38. The van der Waals surface area contributed by atoms with Crippen molar-refractivity contribution in [2.75, 3.05) is 6.54 Å². The van der Waals surface area contributed by atoms with Crippen LogP contribution in [0, 0.1) is 26.7 Å². The molecule has 0 aliphatic carbocycles. The normalized spacial score (nSPS) is 11.1. The highest BCUT2D eigenvalue weighted by molar-refractivity contribution is 5.56. The van der Waals surface area contributed by atoms with Gasteiger partial charge in [-0.3, -0.25) is 0 Å². The molecule has 1 heterocycles. The van der Waals surface area contributed by atoms with Gasteiger partial charge in [0, 0.05) is 29.1 Å². The first-order chi connectivity index (χ1) is 9.97. The molecular formula is C18H25N3. The van der Waals surface area contributed by atoms with Crippen LogP contribution in [-0.4, -0.2) is 16.5 Å². The summed E-state index contributed by atoms with van der Waals surface area (Å²) in [6.07, 6.45) is 0. The first-order valence-electron chi connectivity index (χ1n) is 7.59. The molecule has 0 atom stereocenters. The minimum absolute atomic E-state index is 0.651. The molecule has 2 aromatic rings. The number of hydrogen-bond acceptors (Lipinski definition) is 3. The van der Waals surface area contributed by atoms with Gasteiger partial charge in [-0.1, -0.05) is 37.6 Å². The Morgan fingerprint density at radius 1 is 1.05 bits per heavy atom. The van der Waals surface area contributed by atoms with E-state index in [2.05, 4.69) is 64.2 Å². The number of nitrogens with one attached hydrogen (secondary N) is 1. The molecule has 21 heavy (non-hydrogen) atoms. The number of hydrogen-bond donors (Lipinski definition) is 1. The average Bonchev–Trinajstić information content (AvgIpc) is 2.41. The van der Waals surface area contributed by atoms with E-state index in [0.29, 0.717) is 5.92 Å². The van der Waals surface area contributed by atoms with Crippen LogP contribution in [0.15, 0.2) is 24.3 Å². The number of aromatic nitrogens is 2. The van der Waals surface area contributed by atoms with E-state index in [4.69, 9.17) is 9.97 Å². The fourth-order valence-electron chi connectivity index (χ4n) is 2.39. The minimum atomic E-state index is 0.651. The highest BCUT2D eigenvalue weighted by Gasteiger charge is 2.10. The lowest BCUT2D eigenvalue weighted by atomic mass is 10.1. The molecule has 112 valence electrons. The molecule has 0 spiro atoms. The summed E-state index contributed by atoms with van der Waals surface area (Å²) in [5, 5.41) is 3.47. The molecule has 0 bridgehead atoms. The average molecular weight is 283 g/mol. The van der Waals surface area contributed by atoms with Gasteiger partial charge in [0.15, 0.2) is 5.82 Å². The molecule has 0 unspecified atom stereocenters. The van der Waals surface area contributed by atoms with Crippen molar-refractivity contribution in [1.82, 2.24) is 15.3 Å². The van der Waals surface area contributed by atoms with Gasteiger partial charge in [0.05, 0.1) is 0 Å². The van der Waals surface area contributed by atoms with E-state index >= 15 is 0 Å². The molecule has 1 aromatic heterocycles. The molecule has 0 radical (unpaired) electrons. The van der Waals surface area contributed by atoms with Gasteiger partial charge in [0.25, 0.3) is 0 Å². The summed E-state index contributed by atoms with van der Waals surface area (Å²) in [5.74, 6) is 1.47. The van der Waals surface area contributed by atoms with Crippen LogP contribution >= 0.6 is 0 Å². The van der Waals surface area contributed by atoms with Crippen molar-refractivity contribution in [1.29, 1.82) is 0 Å². The fourth-order valence-corrected chi connectivity index (χ4v) is 2.39. The van der Waals surface area contributed by atoms with Gasteiger partial charge < -0.3 is 5.32 Å². The van der Waals surface area contributed by atoms with Gasteiger partial charge in [-0.25, -0.2) is 9.97 Å². The summed E-state index contributed by atoms with van der Waals surface area (Å²) in [5.41, 5.74) is 5.66. The van der Waals surface area contributed by atoms with Crippen molar-refractivity contribution in [3.05, 3.63) is 46.8 Å². The first kappa shape index (κ1) is 15.6. The van der Waals surface area contributed by atoms with E-state index in [1.54, 1.807) is 0 Å². The molecule has 1 N–H and O–H groups in total. The zero-order chi connectivity index (χ0) is 15.4. The Hall–Kier alpha value is -1.74. The van der Waals surface area contributed by atoms with Crippen LogP contribution in [0.25, 0.3) is 11.4 Å². The molecule has 0 saturated heterocycles. The Balaban J connectivity index is 2.24. The third-order valence-electron chi connectivity index (χ3n) is 3.55. The van der Waals surface area contributed by atoms with Crippen LogP contribution in [-0.2, 0) is 6.54 Å². The predicted octanol–water partition coefficient (Wildman–Crippen LogP) is 3.81. The van der Waals surface area contributed by atoms with E-state index < -0.39 is 0 Å². The highest BCUT2D eigenvalue weighted by atomic mass is 14.9. The minimum Gasteiger partial charge on any atom is -0.312 e. The van der Waals surface area contributed by atoms with E-state index in [-0.39, 0.29) is 0 Å². The van der Waals surface area contributed by atoms with Crippen LogP contribution in [0.4, 0.5) is 0 Å². The van der Waals surface area contributed by atoms with Crippen molar-refractivity contribution < 1.29 is 0 Å². The van der Waals surface area contributed by atoms with Crippen molar-refractivity contribution in [3.8, 4) is 11.4 Å². The van der Waals surface area contributed by atoms with E-state index in [1.807, 2.05) is 0 Å². The topological polar surface area (TPSA) is 37.8 Å². The van der Waals surface area contributed by atoms with Crippen molar-refractivity contribution >= 4 is 0 Å². The SMILES string of the molecule is Cc1cccc(-c2nc(C)c(CNCC(C)C)c(C)n2)c1. The standard InChI is InChI=1S/C18H25N3/c1-12(2)10-19-11-17-14(4)20-18(21-15(17)5)16-8-6-7-13(3)9-16/h6-9,12,19H,10-11H2,1-5H3.